The first-order valence-corrected chi connectivity index (χ1v) is 6.64. The minimum atomic E-state index is -0.297. The fourth-order valence-electron chi connectivity index (χ4n) is 2.21. The molecule has 0 aliphatic heterocycles. The molecule has 0 aliphatic rings. The van der Waals surface area contributed by atoms with Gasteiger partial charge in [0.25, 0.3) is 5.91 Å². The minimum Gasteiger partial charge on any atom is -0.399 e. The van der Waals surface area contributed by atoms with Crippen molar-refractivity contribution >= 4 is 28.3 Å². The topological polar surface area (TPSA) is 102 Å². The first-order chi connectivity index (χ1) is 10.1. The van der Waals surface area contributed by atoms with Crippen LogP contribution in [-0.4, -0.2) is 25.9 Å². The number of H-pyrrole nitrogens is 1. The number of carbonyl (C=O) groups excluding carboxylic acids is 1. The van der Waals surface area contributed by atoms with Crippen molar-refractivity contribution in [3.8, 4) is 0 Å². The first kappa shape index (κ1) is 13.2. The van der Waals surface area contributed by atoms with E-state index in [0.29, 0.717) is 22.6 Å². The fourth-order valence-corrected chi connectivity index (χ4v) is 2.21. The first-order valence-electron chi connectivity index (χ1n) is 6.64. The second kappa shape index (κ2) is 4.93. The highest BCUT2D eigenvalue weighted by molar-refractivity contribution is 6.11. The van der Waals surface area contributed by atoms with Gasteiger partial charge in [-0.3, -0.25) is 9.89 Å². The third-order valence-corrected chi connectivity index (χ3v) is 3.20. The molecule has 3 aromatic rings. The summed E-state index contributed by atoms with van der Waals surface area (Å²) in [6, 6.07) is 7.19. The fraction of sp³-hybridized carbons (Fsp3) is 0.214. The van der Waals surface area contributed by atoms with Crippen molar-refractivity contribution in [1.29, 1.82) is 0 Å². The second-order valence-electron chi connectivity index (χ2n) is 5.09. The van der Waals surface area contributed by atoms with Crippen molar-refractivity contribution in [3.63, 3.8) is 0 Å². The summed E-state index contributed by atoms with van der Waals surface area (Å²) in [5.41, 5.74) is 7.44. The number of rotatable bonds is 3. The Hall–Kier alpha value is -2.83. The number of aromatic nitrogens is 4. The van der Waals surface area contributed by atoms with Crippen LogP contribution in [0.5, 0.6) is 0 Å². The normalized spacial score (nSPS) is 11.2. The van der Waals surface area contributed by atoms with Crippen LogP contribution in [0.2, 0.25) is 0 Å². The molecule has 3 rings (SSSR count). The Balaban J connectivity index is 1.94. The van der Waals surface area contributed by atoms with E-state index >= 15 is 0 Å². The standard InChI is InChI=1S/C14H16N6O/c1-8(2)20-12(5-6-16-20)17-14(21)13-10-7-9(15)3-4-11(10)18-19-13/h3-8H,15H2,1-2H3,(H,17,21)(H,18,19). The summed E-state index contributed by atoms with van der Waals surface area (Å²) in [7, 11) is 0. The molecule has 2 heterocycles. The predicted molar refractivity (Wildman–Crippen MR) is 81.1 cm³/mol. The molecule has 0 saturated heterocycles. The van der Waals surface area contributed by atoms with Gasteiger partial charge < -0.3 is 11.1 Å². The van der Waals surface area contributed by atoms with Gasteiger partial charge in [-0.25, -0.2) is 4.68 Å². The van der Waals surface area contributed by atoms with Gasteiger partial charge in [0.05, 0.1) is 11.7 Å². The average molecular weight is 284 g/mol. The van der Waals surface area contributed by atoms with E-state index < -0.39 is 0 Å². The number of fused-ring (bicyclic) bond motifs is 1. The number of anilines is 2. The van der Waals surface area contributed by atoms with Crippen molar-refractivity contribution in [2.24, 2.45) is 0 Å². The molecule has 0 radical (unpaired) electrons. The van der Waals surface area contributed by atoms with E-state index in [1.165, 1.54) is 0 Å². The lowest BCUT2D eigenvalue weighted by atomic mass is 10.2. The van der Waals surface area contributed by atoms with Crippen molar-refractivity contribution in [3.05, 3.63) is 36.2 Å². The molecule has 0 unspecified atom stereocenters. The quantitative estimate of drug-likeness (QED) is 0.641. The van der Waals surface area contributed by atoms with Crippen molar-refractivity contribution in [2.45, 2.75) is 19.9 Å². The minimum absolute atomic E-state index is 0.155. The monoisotopic (exact) mass is 284 g/mol. The molecule has 21 heavy (non-hydrogen) atoms. The number of hydrogen-bond donors (Lipinski definition) is 3. The zero-order valence-corrected chi connectivity index (χ0v) is 11.8. The Labute approximate surface area is 121 Å². The van der Waals surface area contributed by atoms with E-state index in [1.807, 2.05) is 13.8 Å². The van der Waals surface area contributed by atoms with Crippen LogP contribution in [0.25, 0.3) is 10.9 Å². The van der Waals surface area contributed by atoms with Crippen LogP contribution in [0.1, 0.15) is 30.4 Å². The average Bonchev–Trinajstić information content (AvgIpc) is 3.04. The predicted octanol–water partition coefficient (Wildman–Crippen LogP) is 2.17. The summed E-state index contributed by atoms with van der Waals surface area (Å²) in [6.45, 7) is 3.99. The third kappa shape index (κ3) is 2.33. The van der Waals surface area contributed by atoms with Gasteiger partial charge in [-0.2, -0.15) is 10.2 Å². The number of carbonyl (C=O) groups is 1. The van der Waals surface area contributed by atoms with Crippen molar-refractivity contribution in [2.75, 3.05) is 11.1 Å². The molecule has 7 nitrogen and oxygen atoms in total. The Kier molecular flexibility index (Phi) is 3.09. The van der Waals surface area contributed by atoms with Crippen LogP contribution in [0.4, 0.5) is 11.5 Å². The zero-order valence-electron chi connectivity index (χ0n) is 11.8. The van der Waals surface area contributed by atoms with Gasteiger partial charge in [-0.1, -0.05) is 0 Å². The Morgan fingerprint density at radius 1 is 1.38 bits per heavy atom. The molecule has 7 heteroatoms. The molecule has 0 spiro atoms. The lowest BCUT2D eigenvalue weighted by Crippen LogP contribution is -2.17. The van der Waals surface area contributed by atoms with E-state index in [1.54, 1.807) is 35.1 Å². The van der Waals surface area contributed by atoms with Crippen molar-refractivity contribution < 1.29 is 4.79 Å². The lowest BCUT2D eigenvalue weighted by molar-refractivity contribution is 0.102. The molecular weight excluding hydrogens is 268 g/mol. The van der Waals surface area contributed by atoms with Crippen LogP contribution in [0.15, 0.2) is 30.5 Å². The zero-order chi connectivity index (χ0) is 15.0. The maximum absolute atomic E-state index is 12.4. The van der Waals surface area contributed by atoms with Gasteiger partial charge in [0, 0.05) is 23.2 Å². The Morgan fingerprint density at radius 3 is 2.95 bits per heavy atom. The summed E-state index contributed by atoms with van der Waals surface area (Å²) >= 11 is 0. The highest BCUT2D eigenvalue weighted by atomic mass is 16.2. The molecule has 1 aromatic carbocycles. The Morgan fingerprint density at radius 2 is 2.19 bits per heavy atom. The van der Waals surface area contributed by atoms with Gasteiger partial charge in [0.2, 0.25) is 0 Å². The number of nitrogens with one attached hydrogen (secondary N) is 2. The summed E-state index contributed by atoms with van der Waals surface area (Å²) in [5.74, 6) is 0.337. The van der Waals surface area contributed by atoms with Crippen LogP contribution < -0.4 is 11.1 Å². The van der Waals surface area contributed by atoms with Gasteiger partial charge in [0.15, 0.2) is 5.69 Å². The van der Waals surface area contributed by atoms with E-state index in [9.17, 15) is 4.79 Å². The highest BCUT2D eigenvalue weighted by Crippen LogP contribution is 2.20. The summed E-state index contributed by atoms with van der Waals surface area (Å²) in [5, 5.41) is 14.6. The molecular formula is C14H16N6O. The molecule has 0 atom stereocenters. The molecule has 0 saturated carbocycles. The maximum atomic E-state index is 12.4. The van der Waals surface area contributed by atoms with E-state index in [0.717, 1.165) is 5.52 Å². The van der Waals surface area contributed by atoms with Gasteiger partial charge in [-0.05, 0) is 32.0 Å². The molecule has 108 valence electrons. The molecule has 0 aliphatic carbocycles. The summed E-state index contributed by atoms with van der Waals surface area (Å²) < 4.78 is 1.74. The van der Waals surface area contributed by atoms with Crippen molar-refractivity contribution in [1.82, 2.24) is 20.0 Å². The molecule has 2 aromatic heterocycles. The largest absolute Gasteiger partial charge is 0.399 e. The lowest BCUT2D eigenvalue weighted by Gasteiger charge is -2.11. The second-order valence-corrected chi connectivity index (χ2v) is 5.09. The number of nitrogens with zero attached hydrogens (tertiary/aromatic N) is 3. The van der Waals surface area contributed by atoms with Crippen LogP contribution in [0, 0.1) is 0 Å². The number of hydrogen-bond acceptors (Lipinski definition) is 4. The van der Waals surface area contributed by atoms with E-state index in [4.69, 9.17) is 5.73 Å². The van der Waals surface area contributed by atoms with Gasteiger partial charge >= 0.3 is 0 Å². The SMILES string of the molecule is CC(C)n1nccc1NC(=O)c1n[nH]c2ccc(N)cc12. The van der Waals surface area contributed by atoms with Crippen LogP contribution in [-0.2, 0) is 0 Å². The van der Waals surface area contributed by atoms with Crippen LogP contribution in [0.3, 0.4) is 0 Å². The Bertz CT molecular complexity index is 801. The number of amides is 1. The number of nitrogens with two attached hydrogens (primary N) is 1. The summed E-state index contributed by atoms with van der Waals surface area (Å²) in [6.07, 6.45) is 1.65. The molecule has 4 N–H and O–H groups in total. The number of aromatic amines is 1. The highest BCUT2D eigenvalue weighted by Gasteiger charge is 2.16. The smallest absolute Gasteiger partial charge is 0.277 e. The molecule has 1 amide bonds. The molecule has 0 bridgehead atoms. The molecule has 0 fully saturated rings. The summed E-state index contributed by atoms with van der Waals surface area (Å²) in [4.78, 5) is 12.4. The third-order valence-electron chi connectivity index (χ3n) is 3.20. The van der Waals surface area contributed by atoms with Gasteiger partial charge in [-0.15, -0.1) is 0 Å². The number of benzene rings is 1. The van der Waals surface area contributed by atoms with E-state index in [-0.39, 0.29) is 11.9 Å². The number of nitrogen functional groups attached to an aromatic ring is 1. The van der Waals surface area contributed by atoms with E-state index in [2.05, 4.69) is 20.6 Å². The maximum Gasteiger partial charge on any atom is 0.277 e. The van der Waals surface area contributed by atoms with Crippen LogP contribution >= 0.6 is 0 Å². The van der Waals surface area contributed by atoms with Gasteiger partial charge in [0.1, 0.15) is 5.82 Å².